The molecule has 1 saturated carbocycles. The van der Waals surface area contributed by atoms with E-state index < -0.39 is 5.97 Å². The second-order valence-electron chi connectivity index (χ2n) is 6.46. The molecular formula is C14H25NO2S. The molecule has 0 aromatic heterocycles. The van der Waals surface area contributed by atoms with Gasteiger partial charge < -0.3 is 5.11 Å². The maximum Gasteiger partial charge on any atom is 0.321 e. The van der Waals surface area contributed by atoms with Crippen molar-refractivity contribution >= 4 is 17.7 Å². The van der Waals surface area contributed by atoms with E-state index in [9.17, 15) is 4.79 Å². The monoisotopic (exact) mass is 271 g/mol. The van der Waals surface area contributed by atoms with Crippen molar-refractivity contribution in [3.8, 4) is 0 Å². The van der Waals surface area contributed by atoms with Gasteiger partial charge in [-0.2, -0.15) is 0 Å². The number of hydrogen-bond acceptors (Lipinski definition) is 3. The Labute approximate surface area is 114 Å². The third-order valence-electron chi connectivity index (χ3n) is 5.07. The second kappa shape index (κ2) is 5.04. The van der Waals surface area contributed by atoms with Crippen LogP contribution in [0.5, 0.6) is 0 Å². The SMILES string of the molecule is CCC(C)(C)C1CCC2(CC1)NC(C(=O)O)CS2. The first-order valence-electron chi connectivity index (χ1n) is 7.03. The average Bonchev–Trinajstić information content (AvgIpc) is 2.74. The minimum absolute atomic E-state index is 0.0589. The van der Waals surface area contributed by atoms with E-state index in [1.54, 1.807) is 0 Å². The van der Waals surface area contributed by atoms with E-state index in [0.29, 0.717) is 5.41 Å². The van der Waals surface area contributed by atoms with E-state index in [0.717, 1.165) is 24.5 Å². The van der Waals surface area contributed by atoms with Crippen LogP contribution in [-0.2, 0) is 4.79 Å². The Morgan fingerprint density at radius 2 is 2.06 bits per heavy atom. The molecule has 1 heterocycles. The highest BCUT2D eigenvalue weighted by molar-refractivity contribution is 8.00. The number of carboxylic acids is 1. The fourth-order valence-corrected chi connectivity index (χ4v) is 4.68. The maximum absolute atomic E-state index is 11.0. The third kappa shape index (κ3) is 2.69. The smallest absolute Gasteiger partial charge is 0.321 e. The maximum atomic E-state index is 11.0. The molecule has 18 heavy (non-hydrogen) atoms. The van der Waals surface area contributed by atoms with Crippen molar-refractivity contribution in [1.29, 1.82) is 0 Å². The summed E-state index contributed by atoms with van der Waals surface area (Å²) in [5, 5.41) is 12.4. The quantitative estimate of drug-likeness (QED) is 0.828. The van der Waals surface area contributed by atoms with E-state index >= 15 is 0 Å². The van der Waals surface area contributed by atoms with Crippen molar-refractivity contribution in [2.24, 2.45) is 11.3 Å². The highest BCUT2D eigenvalue weighted by atomic mass is 32.2. The van der Waals surface area contributed by atoms with Crippen molar-refractivity contribution in [2.75, 3.05) is 5.75 Å². The zero-order valence-corrected chi connectivity index (χ0v) is 12.5. The van der Waals surface area contributed by atoms with Gasteiger partial charge in [-0.05, 0) is 37.0 Å². The summed E-state index contributed by atoms with van der Waals surface area (Å²) in [6, 6.07) is -0.342. The van der Waals surface area contributed by atoms with Crippen LogP contribution in [0.25, 0.3) is 0 Å². The molecule has 0 bridgehead atoms. The molecule has 0 aromatic carbocycles. The second-order valence-corrected chi connectivity index (χ2v) is 7.86. The van der Waals surface area contributed by atoms with Gasteiger partial charge in [-0.25, -0.2) is 0 Å². The molecule has 1 unspecified atom stereocenters. The predicted molar refractivity (Wildman–Crippen MR) is 75.8 cm³/mol. The van der Waals surface area contributed by atoms with Crippen LogP contribution in [0.3, 0.4) is 0 Å². The highest BCUT2D eigenvalue weighted by Crippen LogP contribution is 2.49. The lowest BCUT2D eigenvalue weighted by Crippen LogP contribution is -2.48. The number of nitrogens with one attached hydrogen (secondary N) is 1. The molecule has 1 aliphatic carbocycles. The van der Waals surface area contributed by atoms with Crippen molar-refractivity contribution in [1.82, 2.24) is 5.32 Å². The van der Waals surface area contributed by atoms with Crippen LogP contribution in [0, 0.1) is 11.3 Å². The molecular weight excluding hydrogens is 246 g/mol. The summed E-state index contributed by atoms with van der Waals surface area (Å²) >= 11 is 1.83. The molecule has 1 spiro atoms. The minimum atomic E-state index is -0.699. The number of rotatable bonds is 3. The summed E-state index contributed by atoms with van der Waals surface area (Å²) in [5.41, 5.74) is 0.428. The van der Waals surface area contributed by atoms with E-state index in [2.05, 4.69) is 26.1 Å². The highest BCUT2D eigenvalue weighted by Gasteiger charge is 2.45. The van der Waals surface area contributed by atoms with Crippen molar-refractivity contribution in [3.63, 3.8) is 0 Å². The lowest BCUT2D eigenvalue weighted by atomic mass is 9.68. The Morgan fingerprint density at radius 1 is 1.44 bits per heavy atom. The largest absolute Gasteiger partial charge is 0.480 e. The van der Waals surface area contributed by atoms with Crippen LogP contribution in [0.15, 0.2) is 0 Å². The molecule has 4 heteroatoms. The van der Waals surface area contributed by atoms with Crippen LogP contribution in [0.2, 0.25) is 0 Å². The first-order chi connectivity index (χ1) is 8.38. The van der Waals surface area contributed by atoms with Gasteiger partial charge in [0, 0.05) is 5.75 Å². The molecule has 1 aliphatic heterocycles. The number of hydrogen-bond donors (Lipinski definition) is 2. The molecule has 1 saturated heterocycles. The lowest BCUT2D eigenvalue weighted by Gasteiger charge is -2.43. The normalized spacial score (nSPS) is 37.1. The predicted octanol–water partition coefficient (Wildman–Crippen LogP) is 3.10. The van der Waals surface area contributed by atoms with Crippen LogP contribution < -0.4 is 5.32 Å². The Balaban J connectivity index is 1.93. The first kappa shape index (κ1) is 14.2. The summed E-state index contributed by atoms with van der Waals surface area (Å²) in [5.74, 6) is 0.812. The van der Waals surface area contributed by atoms with Crippen molar-refractivity contribution < 1.29 is 9.90 Å². The van der Waals surface area contributed by atoms with Gasteiger partial charge >= 0.3 is 5.97 Å². The van der Waals surface area contributed by atoms with Gasteiger partial charge in [0.15, 0.2) is 0 Å². The summed E-state index contributed by atoms with van der Waals surface area (Å²) in [6.07, 6.45) is 5.93. The molecule has 3 nitrogen and oxygen atoms in total. The molecule has 2 N–H and O–H groups in total. The summed E-state index contributed by atoms with van der Waals surface area (Å²) in [7, 11) is 0. The lowest BCUT2D eigenvalue weighted by molar-refractivity contribution is -0.139. The molecule has 0 amide bonds. The standard InChI is InChI=1S/C14H25NO2S/c1-4-13(2,3)10-5-7-14(8-6-10)15-11(9-18-14)12(16)17/h10-11,15H,4-9H2,1-3H3,(H,16,17). The molecule has 0 aromatic rings. The molecule has 1 atom stereocenters. The number of aliphatic carboxylic acids is 1. The molecule has 104 valence electrons. The van der Waals surface area contributed by atoms with Crippen molar-refractivity contribution in [2.45, 2.75) is 63.8 Å². The Morgan fingerprint density at radius 3 is 2.50 bits per heavy atom. The fraction of sp³-hybridized carbons (Fsp3) is 0.929. The van der Waals surface area contributed by atoms with Crippen molar-refractivity contribution in [3.05, 3.63) is 0 Å². The van der Waals surface area contributed by atoms with E-state index in [1.807, 2.05) is 11.8 Å². The van der Waals surface area contributed by atoms with E-state index in [4.69, 9.17) is 5.11 Å². The number of carbonyl (C=O) groups is 1. The van der Waals surface area contributed by atoms with Gasteiger partial charge in [0.2, 0.25) is 0 Å². The van der Waals surface area contributed by atoms with Crippen LogP contribution in [0.1, 0.15) is 52.9 Å². The van der Waals surface area contributed by atoms with Gasteiger partial charge in [-0.15, -0.1) is 11.8 Å². The van der Waals surface area contributed by atoms with Gasteiger partial charge in [-0.1, -0.05) is 27.2 Å². The molecule has 2 rings (SSSR count). The van der Waals surface area contributed by atoms with Crippen LogP contribution >= 0.6 is 11.8 Å². The zero-order valence-electron chi connectivity index (χ0n) is 11.7. The van der Waals surface area contributed by atoms with Gasteiger partial charge in [0.05, 0.1) is 4.87 Å². The van der Waals surface area contributed by atoms with E-state index in [1.165, 1.54) is 19.3 Å². The molecule has 2 fully saturated rings. The van der Waals surface area contributed by atoms with E-state index in [-0.39, 0.29) is 10.9 Å². The Bertz CT molecular complexity index is 322. The van der Waals surface area contributed by atoms with Gasteiger partial charge in [0.1, 0.15) is 6.04 Å². The van der Waals surface area contributed by atoms with Crippen LogP contribution in [-0.4, -0.2) is 27.7 Å². The zero-order chi connectivity index (χ0) is 13.4. The molecule has 2 aliphatic rings. The minimum Gasteiger partial charge on any atom is -0.480 e. The number of carboxylic acid groups (broad SMARTS) is 1. The number of thioether (sulfide) groups is 1. The first-order valence-corrected chi connectivity index (χ1v) is 8.01. The summed E-state index contributed by atoms with van der Waals surface area (Å²) in [6.45, 7) is 7.00. The summed E-state index contributed by atoms with van der Waals surface area (Å²) in [4.78, 5) is 11.1. The molecule has 0 radical (unpaired) electrons. The Kier molecular flexibility index (Phi) is 3.98. The third-order valence-corrected chi connectivity index (χ3v) is 6.65. The van der Waals surface area contributed by atoms with Gasteiger partial charge in [0.25, 0.3) is 0 Å². The van der Waals surface area contributed by atoms with Crippen LogP contribution in [0.4, 0.5) is 0 Å². The van der Waals surface area contributed by atoms with Gasteiger partial charge in [-0.3, -0.25) is 10.1 Å². The average molecular weight is 271 g/mol. The Hall–Kier alpha value is -0.220. The summed E-state index contributed by atoms with van der Waals surface area (Å²) < 4.78 is 0. The topological polar surface area (TPSA) is 49.3 Å². The fourth-order valence-electron chi connectivity index (χ4n) is 3.22.